The maximum atomic E-state index is 6.37. The number of nitrogens with zero attached hydrogens (tertiary/aromatic N) is 2. The minimum atomic E-state index is 0.676. The Balaban J connectivity index is 1.99. The lowest BCUT2D eigenvalue weighted by molar-refractivity contribution is 0.684. The van der Waals surface area contributed by atoms with Gasteiger partial charge in [-0.15, -0.1) is 0 Å². The third-order valence-corrected chi connectivity index (χ3v) is 4.10. The van der Waals surface area contributed by atoms with E-state index >= 15 is 0 Å². The summed E-state index contributed by atoms with van der Waals surface area (Å²) in [5.74, 6) is 0. The van der Waals surface area contributed by atoms with Gasteiger partial charge in [-0.2, -0.15) is 0 Å². The highest BCUT2D eigenvalue weighted by Crippen LogP contribution is 2.27. The van der Waals surface area contributed by atoms with Gasteiger partial charge in [-0.05, 0) is 38.8 Å². The molecule has 1 N–H and O–H groups in total. The lowest BCUT2D eigenvalue weighted by Crippen LogP contribution is -2.17. The van der Waals surface area contributed by atoms with E-state index in [9.17, 15) is 0 Å². The quantitative estimate of drug-likeness (QED) is 0.927. The molecule has 4 heteroatoms. The fourth-order valence-corrected chi connectivity index (χ4v) is 2.46. The van der Waals surface area contributed by atoms with Crippen LogP contribution in [0.1, 0.15) is 29.8 Å². The molecule has 1 fully saturated rings. The van der Waals surface area contributed by atoms with Crippen LogP contribution in [0.25, 0.3) is 5.69 Å². The van der Waals surface area contributed by atoms with Crippen molar-refractivity contribution in [3.05, 3.63) is 46.5 Å². The molecule has 1 heterocycles. The zero-order valence-electron chi connectivity index (χ0n) is 11.3. The topological polar surface area (TPSA) is 29.9 Å². The predicted octanol–water partition coefficient (Wildman–Crippen LogP) is 3.39. The molecule has 3 rings (SSSR count). The Morgan fingerprint density at radius 2 is 2.16 bits per heavy atom. The molecule has 3 nitrogen and oxygen atoms in total. The number of nitrogens with one attached hydrogen (secondary N) is 1. The van der Waals surface area contributed by atoms with Crippen molar-refractivity contribution in [3.8, 4) is 5.69 Å². The summed E-state index contributed by atoms with van der Waals surface area (Å²) in [5.41, 5.74) is 4.49. The van der Waals surface area contributed by atoms with Crippen LogP contribution in [-0.4, -0.2) is 15.6 Å². The average molecular weight is 276 g/mol. The van der Waals surface area contributed by atoms with Crippen molar-refractivity contribution in [2.45, 2.75) is 39.3 Å². The van der Waals surface area contributed by atoms with Crippen molar-refractivity contribution < 1.29 is 0 Å². The van der Waals surface area contributed by atoms with Gasteiger partial charge in [0.25, 0.3) is 0 Å². The van der Waals surface area contributed by atoms with Gasteiger partial charge in [0, 0.05) is 28.9 Å². The molecule has 2 aromatic rings. The fraction of sp³-hybridized carbons (Fsp3) is 0.400. The molecular weight excluding hydrogens is 258 g/mol. The zero-order valence-corrected chi connectivity index (χ0v) is 12.0. The molecule has 1 aromatic carbocycles. The van der Waals surface area contributed by atoms with E-state index in [0.29, 0.717) is 6.04 Å². The maximum absolute atomic E-state index is 6.37. The van der Waals surface area contributed by atoms with Gasteiger partial charge < -0.3 is 9.88 Å². The first-order chi connectivity index (χ1) is 9.16. The summed E-state index contributed by atoms with van der Waals surface area (Å²) in [6, 6.07) is 6.72. The number of hydrogen-bond acceptors (Lipinski definition) is 2. The maximum Gasteiger partial charge on any atom is 0.0997 e. The van der Waals surface area contributed by atoms with Crippen LogP contribution in [0, 0.1) is 13.8 Å². The van der Waals surface area contributed by atoms with E-state index in [-0.39, 0.29) is 0 Å². The number of rotatable bonds is 4. The van der Waals surface area contributed by atoms with Crippen molar-refractivity contribution in [2.75, 3.05) is 0 Å². The molecule has 100 valence electrons. The minimum Gasteiger partial charge on any atom is -0.310 e. The third kappa shape index (κ3) is 2.53. The van der Waals surface area contributed by atoms with Crippen LogP contribution in [0.2, 0.25) is 5.02 Å². The highest BCUT2D eigenvalue weighted by atomic mass is 35.5. The van der Waals surface area contributed by atoms with Crippen LogP contribution in [0.15, 0.2) is 24.5 Å². The van der Waals surface area contributed by atoms with Gasteiger partial charge in [0.2, 0.25) is 0 Å². The van der Waals surface area contributed by atoms with E-state index in [1.54, 1.807) is 0 Å². The lowest BCUT2D eigenvalue weighted by atomic mass is 10.1. The van der Waals surface area contributed by atoms with Gasteiger partial charge in [0.05, 0.1) is 17.7 Å². The molecule has 1 aliphatic carbocycles. The minimum absolute atomic E-state index is 0.676. The first kappa shape index (κ1) is 12.7. The zero-order chi connectivity index (χ0) is 13.4. The van der Waals surface area contributed by atoms with Gasteiger partial charge in [-0.1, -0.05) is 17.7 Å². The molecule has 0 atom stereocenters. The monoisotopic (exact) mass is 275 g/mol. The highest BCUT2D eigenvalue weighted by molar-refractivity contribution is 6.31. The normalized spacial score (nSPS) is 14.9. The summed E-state index contributed by atoms with van der Waals surface area (Å²) in [6.07, 6.45) is 4.43. The molecule has 0 radical (unpaired) electrons. The summed E-state index contributed by atoms with van der Waals surface area (Å²) in [4.78, 5) is 4.37. The molecule has 1 aliphatic rings. The molecular formula is C15H18ClN3. The van der Waals surface area contributed by atoms with E-state index in [1.165, 1.54) is 12.8 Å². The molecule has 0 amide bonds. The Hall–Kier alpha value is -1.32. The fourth-order valence-electron chi connectivity index (χ4n) is 2.22. The molecule has 1 aromatic heterocycles. The van der Waals surface area contributed by atoms with E-state index in [1.807, 2.05) is 25.4 Å². The number of aryl methyl sites for hydroxylation is 1. The molecule has 0 aliphatic heterocycles. The largest absolute Gasteiger partial charge is 0.310 e. The van der Waals surface area contributed by atoms with Gasteiger partial charge in [-0.25, -0.2) is 4.98 Å². The van der Waals surface area contributed by atoms with Crippen molar-refractivity contribution in [1.82, 2.24) is 14.9 Å². The summed E-state index contributed by atoms with van der Waals surface area (Å²) in [6.45, 7) is 4.93. The van der Waals surface area contributed by atoms with Gasteiger partial charge >= 0.3 is 0 Å². The second kappa shape index (κ2) is 4.99. The van der Waals surface area contributed by atoms with Crippen LogP contribution in [0.4, 0.5) is 0 Å². The third-order valence-electron chi connectivity index (χ3n) is 3.75. The van der Waals surface area contributed by atoms with E-state index in [0.717, 1.165) is 34.2 Å². The lowest BCUT2D eigenvalue weighted by Gasteiger charge is -2.14. The Labute approximate surface area is 118 Å². The molecule has 19 heavy (non-hydrogen) atoms. The van der Waals surface area contributed by atoms with E-state index < -0.39 is 0 Å². The molecule has 0 spiro atoms. The second-order valence-electron chi connectivity index (χ2n) is 5.18. The van der Waals surface area contributed by atoms with Crippen molar-refractivity contribution in [1.29, 1.82) is 0 Å². The number of hydrogen-bond donors (Lipinski definition) is 1. The predicted molar refractivity (Wildman–Crippen MR) is 77.9 cm³/mol. The Kier molecular flexibility index (Phi) is 3.33. The second-order valence-corrected chi connectivity index (χ2v) is 5.59. The Morgan fingerprint density at radius 1 is 1.37 bits per heavy atom. The summed E-state index contributed by atoms with van der Waals surface area (Å²) >= 11 is 6.37. The van der Waals surface area contributed by atoms with Crippen molar-refractivity contribution in [3.63, 3.8) is 0 Å². The van der Waals surface area contributed by atoms with Crippen LogP contribution in [0.5, 0.6) is 0 Å². The van der Waals surface area contributed by atoms with Crippen LogP contribution in [0.3, 0.4) is 0 Å². The Bertz CT molecular complexity index is 599. The first-order valence-corrected chi connectivity index (χ1v) is 7.06. The molecule has 1 saturated carbocycles. The van der Waals surface area contributed by atoms with Gasteiger partial charge in [0.15, 0.2) is 0 Å². The summed E-state index contributed by atoms with van der Waals surface area (Å²) < 4.78 is 2.12. The van der Waals surface area contributed by atoms with Crippen molar-refractivity contribution in [2.24, 2.45) is 0 Å². The average Bonchev–Trinajstić information content (AvgIpc) is 3.16. The van der Waals surface area contributed by atoms with E-state index in [2.05, 4.69) is 27.9 Å². The van der Waals surface area contributed by atoms with Crippen LogP contribution >= 0.6 is 11.6 Å². The van der Waals surface area contributed by atoms with Crippen LogP contribution < -0.4 is 5.32 Å². The molecule has 0 unspecified atom stereocenters. The smallest absolute Gasteiger partial charge is 0.0997 e. The number of benzene rings is 1. The summed E-state index contributed by atoms with van der Waals surface area (Å²) in [7, 11) is 0. The van der Waals surface area contributed by atoms with E-state index in [4.69, 9.17) is 11.6 Å². The van der Waals surface area contributed by atoms with Crippen LogP contribution in [-0.2, 0) is 6.54 Å². The van der Waals surface area contributed by atoms with Gasteiger partial charge in [-0.3, -0.25) is 0 Å². The molecule has 0 bridgehead atoms. The SMILES string of the molecule is Cc1ncn(-c2cccc(Cl)c2CNC2CC2)c1C. The summed E-state index contributed by atoms with van der Waals surface area (Å²) in [5, 5.41) is 4.35. The van der Waals surface area contributed by atoms with Crippen molar-refractivity contribution >= 4 is 11.6 Å². The molecule has 0 saturated heterocycles. The van der Waals surface area contributed by atoms with Gasteiger partial charge in [0.1, 0.15) is 0 Å². The number of halogens is 1. The number of aromatic nitrogens is 2. The Morgan fingerprint density at radius 3 is 2.79 bits per heavy atom. The first-order valence-electron chi connectivity index (χ1n) is 6.68. The number of imidazole rings is 1. The standard InChI is InChI=1S/C15H18ClN3/c1-10-11(2)19(9-18-10)15-5-3-4-14(16)13(15)8-17-12-6-7-12/h3-5,9,12,17H,6-8H2,1-2H3. The highest BCUT2D eigenvalue weighted by Gasteiger charge is 2.21.